The van der Waals surface area contributed by atoms with Gasteiger partial charge in [-0.25, -0.2) is 0 Å². The fraction of sp³-hybridized carbons (Fsp3) is 0.667. The maximum Gasteiger partial charge on any atom is 0.275 e. The van der Waals surface area contributed by atoms with E-state index in [-0.39, 0.29) is 11.9 Å². The standard InChI is InChI=1S/C12H18N4O/c1-4-5-9-13-10-8(6-7(2)3)15-16-11(10)12(17)14-9/h7,10H,4-6H2,1-3H3,(H,13,14,17). The van der Waals surface area contributed by atoms with Gasteiger partial charge in [-0.2, -0.15) is 5.10 Å². The summed E-state index contributed by atoms with van der Waals surface area (Å²) in [4.78, 5) is 16.3. The average molecular weight is 234 g/mol. The molecule has 1 amide bonds. The summed E-state index contributed by atoms with van der Waals surface area (Å²) in [6, 6.07) is -0.229. The Labute approximate surface area is 101 Å². The highest BCUT2D eigenvalue weighted by molar-refractivity contribution is 6.49. The first kappa shape index (κ1) is 12.0. The second kappa shape index (κ2) is 4.77. The van der Waals surface area contributed by atoms with Crippen molar-refractivity contribution >= 4 is 23.2 Å². The maximum atomic E-state index is 11.8. The molecule has 0 aromatic heterocycles. The molecule has 2 aliphatic heterocycles. The van der Waals surface area contributed by atoms with Crippen LogP contribution < -0.4 is 5.32 Å². The summed E-state index contributed by atoms with van der Waals surface area (Å²) in [6.45, 7) is 6.32. The third-order valence-corrected chi connectivity index (χ3v) is 2.74. The number of carbonyl (C=O) groups excluding carboxylic acids is 1. The molecule has 1 atom stereocenters. The molecule has 2 aliphatic rings. The van der Waals surface area contributed by atoms with Crippen molar-refractivity contribution in [3.8, 4) is 0 Å². The van der Waals surface area contributed by atoms with Crippen molar-refractivity contribution in [1.29, 1.82) is 0 Å². The van der Waals surface area contributed by atoms with Gasteiger partial charge in [0, 0.05) is 6.42 Å². The fourth-order valence-corrected chi connectivity index (χ4v) is 2.01. The van der Waals surface area contributed by atoms with Gasteiger partial charge in [0.25, 0.3) is 5.91 Å². The van der Waals surface area contributed by atoms with Gasteiger partial charge in [-0.15, -0.1) is 5.10 Å². The largest absolute Gasteiger partial charge is 0.309 e. The van der Waals surface area contributed by atoms with E-state index in [9.17, 15) is 4.79 Å². The summed E-state index contributed by atoms with van der Waals surface area (Å²) in [5.74, 6) is 1.12. The smallest absolute Gasteiger partial charge is 0.275 e. The van der Waals surface area contributed by atoms with Crippen LogP contribution in [0.1, 0.15) is 40.0 Å². The fourth-order valence-electron chi connectivity index (χ4n) is 2.01. The lowest BCUT2D eigenvalue weighted by molar-refractivity contribution is -0.113. The minimum atomic E-state index is -0.229. The van der Waals surface area contributed by atoms with E-state index in [0.29, 0.717) is 11.6 Å². The van der Waals surface area contributed by atoms with Crippen LogP contribution in [0.2, 0.25) is 0 Å². The second-order valence-electron chi connectivity index (χ2n) is 4.86. The molecule has 0 saturated carbocycles. The number of nitrogens with one attached hydrogen (secondary N) is 1. The lowest BCUT2D eigenvalue weighted by Gasteiger charge is -2.20. The van der Waals surface area contributed by atoms with Crippen LogP contribution in [0.5, 0.6) is 0 Å². The quantitative estimate of drug-likeness (QED) is 0.787. The van der Waals surface area contributed by atoms with E-state index >= 15 is 0 Å². The highest BCUT2D eigenvalue weighted by atomic mass is 16.2. The number of nitrogens with zero attached hydrogens (tertiary/aromatic N) is 3. The molecule has 1 N–H and O–H groups in total. The van der Waals surface area contributed by atoms with Crippen LogP contribution in [0.4, 0.5) is 0 Å². The van der Waals surface area contributed by atoms with E-state index in [1.807, 2.05) is 0 Å². The van der Waals surface area contributed by atoms with E-state index in [1.165, 1.54) is 0 Å². The third kappa shape index (κ3) is 2.43. The average Bonchev–Trinajstić information content (AvgIpc) is 2.62. The van der Waals surface area contributed by atoms with Crippen molar-refractivity contribution in [1.82, 2.24) is 5.32 Å². The van der Waals surface area contributed by atoms with E-state index in [0.717, 1.165) is 30.8 Å². The molecule has 0 aliphatic carbocycles. The lowest BCUT2D eigenvalue weighted by atomic mass is 9.97. The molecule has 0 spiro atoms. The SMILES string of the molecule is CCCC1=NC2C(CC(C)C)=NN=C2C(=O)N1. The first-order chi connectivity index (χ1) is 8.11. The Kier molecular flexibility index (Phi) is 3.36. The number of rotatable bonds is 4. The van der Waals surface area contributed by atoms with Crippen molar-refractivity contribution < 1.29 is 4.79 Å². The van der Waals surface area contributed by atoms with E-state index in [1.54, 1.807) is 0 Å². The van der Waals surface area contributed by atoms with Crippen LogP contribution in [0.3, 0.4) is 0 Å². The zero-order chi connectivity index (χ0) is 12.4. The summed E-state index contributed by atoms with van der Waals surface area (Å²) >= 11 is 0. The Balaban J connectivity index is 2.19. The Bertz CT molecular complexity index is 420. The molecule has 0 radical (unpaired) electrons. The first-order valence-electron chi connectivity index (χ1n) is 6.14. The van der Waals surface area contributed by atoms with Gasteiger partial charge in [-0.1, -0.05) is 20.8 Å². The Morgan fingerprint density at radius 1 is 1.35 bits per heavy atom. The Hall–Kier alpha value is -1.52. The van der Waals surface area contributed by atoms with Crippen molar-refractivity contribution in [2.45, 2.75) is 46.1 Å². The molecule has 0 bridgehead atoms. The second-order valence-corrected chi connectivity index (χ2v) is 4.86. The minimum Gasteiger partial charge on any atom is -0.309 e. The van der Waals surface area contributed by atoms with Gasteiger partial charge in [-0.3, -0.25) is 9.79 Å². The Morgan fingerprint density at radius 3 is 2.76 bits per heavy atom. The number of fused-ring (bicyclic) bond motifs is 1. The van der Waals surface area contributed by atoms with E-state index in [4.69, 9.17) is 0 Å². The van der Waals surface area contributed by atoms with Crippen LogP contribution in [0.15, 0.2) is 15.2 Å². The first-order valence-corrected chi connectivity index (χ1v) is 6.14. The lowest BCUT2D eigenvalue weighted by Crippen LogP contribution is -2.47. The third-order valence-electron chi connectivity index (χ3n) is 2.74. The van der Waals surface area contributed by atoms with Crippen LogP contribution >= 0.6 is 0 Å². The zero-order valence-electron chi connectivity index (χ0n) is 10.5. The number of carbonyl (C=O) groups is 1. The van der Waals surface area contributed by atoms with Crippen molar-refractivity contribution in [3.63, 3.8) is 0 Å². The van der Waals surface area contributed by atoms with Crippen LogP contribution in [0.25, 0.3) is 0 Å². The van der Waals surface area contributed by atoms with Crippen molar-refractivity contribution in [2.24, 2.45) is 21.1 Å². The highest BCUT2D eigenvalue weighted by Crippen LogP contribution is 2.18. The number of amides is 1. The monoisotopic (exact) mass is 234 g/mol. The van der Waals surface area contributed by atoms with E-state index in [2.05, 4.69) is 41.3 Å². The summed E-state index contributed by atoms with van der Waals surface area (Å²) in [5.41, 5.74) is 1.36. The van der Waals surface area contributed by atoms with Crippen LogP contribution in [-0.2, 0) is 4.79 Å². The molecule has 1 unspecified atom stereocenters. The summed E-state index contributed by atoms with van der Waals surface area (Å²) in [5, 5.41) is 10.8. The molecule has 0 aromatic carbocycles. The predicted octanol–water partition coefficient (Wildman–Crippen LogP) is 1.54. The summed E-state index contributed by atoms with van der Waals surface area (Å²) in [6.07, 6.45) is 2.60. The minimum absolute atomic E-state index is 0.143. The highest BCUT2D eigenvalue weighted by Gasteiger charge is 2.35. The van der Waals surface area contributed by atoms with Gasteiger partial charge < -0.3 is 5.32 Å². The number of amidine groups is 1. The Morgan fingerprint density at radius 2 is 2.12 bits per heavy atom. The van der Waals surface area contributed by atoms with Gasteiger partial charge in [0.05, 0.1) is 5.71 Å². The normalized spacial score (nSPS) is 22.9. The molecule has 17 heavy (non-hydrogen) atoms. The summed E-state index contributed by atoms with van der Waals surface area (Å²) in [7, 11) is 0. The molecule has 2 heterocycles. The molecule has 0 saturated heterocycles. The van der Waals surface area contributed by atoms with Gasteiger partial charge in [-0.05, 0) is 18.8 Å². The van der Waals surface area contributed by atoms with Crippen LogP contribution in [0, 0.1) is 5.92 Å². The maximum absolute atomic E-state index is 11.8. The zero-order valence-corrected chi connectivity index (χ0v) is 10.5. The molecular formula is C12H18N4O. The van der Waals surface area contributed by atoms with Gasteiger partial charge in [0.15, 0.2) is 5.71 Å². The topological polar surface area (TPSA) is 66.2 Å². The summed E-state index contributed by atoms with van der Waals surface area (Å²) < 4.78 is 0. The molecular weight excluding hydrogens is 216 g/mol. The predicted molar refractivity (Wildman–Crippen MR) is 68.6 cm³/mol. The number of hydrogen-bond acceptors (Lipinski definition) is 4. The van der Waals surface area contributed by atoms with E-state index < -0.39 is 0 Å². The van der Waals surface area contributed by atoms with Gasteiger partial charge >= 0.3 is 0 Å². The molecule has 0 fully saturated rings. The van der Waals surface area contributed by atoms with Crippen molar-refractivity contribution in [2.75, 3.05) is 0 Å². The molecule has 5 heteroatoms. The van der Waals surface area contributed by atoms with Gasteiger partial charge in [0.2, 0.25) is 0 Å². The van der Waals surface area contributed by atoms with Crippen LogP contribution in [-0.4, -0.2) is 29.2 Å². The molecule has 92 valence electrons. The van der Waals surface area contributed by atoms with Crippen molar-refractivity contribution in [3.05, 3.63) is 0 Å². The molecule has 2 rings (SSSR count). The van der Waals surface area contributed by atoms with Gasteiger partial charge in [0.1, 0.15) is 11.9 Å². The molecule has 5 nitrogen and oxygen atoms in total. The molecule has 0 aromatic rings. The number of aliphatic imine (C=N–C) groups is 1. The number of hydrogen-bond donors (Lipinski definition) is 1.